The fraction of sp³-hybridized carbons (Fsp3) is 0.226. The van der Waals surface area contributed by atoms with Crippen LogP contribution in [0.1, 0.15) is 35.4 Å². The van der Waals surface area contributed by atoms with Crippen molar-refractivity contribution in [3.05, 3.63) is 89.6 Å². The summed E-state index contributed by atoms with van der Waals surface area (Å²) in [4.78, 5) is 0. The number of ether oxygens (including phenoxy) is 1. The lowest BCUT2D eigenvalue weighted by Gasteiger charge is -2.22. The number of hydrogen-bond acceptors (Lipinski definition) is 3. The third kappa shape index (κ3) is 3.69. The van der Waals surface area contributed by atoms with Crippen molar-refractivity contribution in [3.8, 4) is 28.5 Å². The monoisotopic (exact) mass is 459 g/mol. The molecule has 0 radical (unpaired) electrons. The van der Waals surface area contributed by atoms with Crippen molar-refractivity contribution in [2.45, 2.75) is 25.7 Å². The molecule has 0 saturated carbocycles. The largest absolute Gasteiger partial charge is 0.454 e. The number of nitriles is 1. The number of pyridine rings is 1. The third-order valence-corrected chi connectivity index (χ3v) is 7.30. The van der Waals surface area contributed by atoms with E-state index in [1.54, 1.807) is 0 Å². The number of nitrogens with zero attached hydrogens (tertiary/aromatic N) is 2. The number of hydrogen-bond donors (Lipinski definition) is 0. The number of benzene rings is 3. The Bertz CT molecular complexity index is 1600. The molecule has 4 heteroatoms. The molecule has 0 unspecified atom stereocenters. The first-order chi connectivity index (χ1) is 17.1. The van der Waals surface area contributed by atoms with Gasteiger partial charge in [0.1, 0.15) is 18.2 Å². The molecule has 0 spiro atoms. The van der Waals surface area contributed by atoms with Crippen molar-refractivity contribution in [1.82, 2.24) is 0 Å². The second kappa shape index (κ2) is 8.69. The first kappa shape index (κ1) is 21.6. The van der Waals surface area contributed by atoms with Gasteiger partial charge in [0, 0.05) is 41.7 Å². The molecular formula is C31H27N2O2+. The molecule has 2 aromatic heterocycles. The van der Waals surface area contributed by atoms with Gasteiger partial charge in [-0.3, -0.25) is 0 Å². The topological polar surface area (TPSA) is 50.0 Å². The molecule has 1 saturated heterocycles. The summed E-state index contributed by atoms with van der Waals surface area (Å²) in [5, 5.41) is 11.8. The molecule has 6 rings (SSSR count). The number of aromatic nitrogens is 1. The highest BCUT2D eigenvalue weighted by Crippen LogP contribution is 2.41. The quantitative estimate of drug-likeness (QED) is 0.278. The van der Waals surface area contributed by atoms with E-state index in [-0.39, 0.29) is 0 Å². The van der Waals surface area contributed by atoms with E-state index in [1.807, 2.05) is 18.2 Å². The van der Waals surface area contributed by atoms with Crippen LogP contribution in [0.15, 0.2) is 77.3 Å². The molecule has 5 aromatic rings. The minimum atomic E-state index is 0.548. The van der Waals surface area contributed by atoms with Crippen LogP contribution in [0.2, 0.25) is 0 Å². The van der Waals surface area contributed by atoms with E-state index < -0.39 is 0 Å². The molecule has 172 valence electrons. The number of rotatable bonds is 3. The SMILES string of the molecule is Cc1ccc2c(oc3c(-c4ccc(C5CCOCC5)cc4)cc(C#N)cc32)c1-c1cccc[n+]1C. The van der Waals surface area contributed by atoms with E-state index in [4.69, 9.17) is 9.15 Å². The van der Waals surface area contributed by atoms with Gasteiger partial charge in [-0.15, -0.1) is 0 Å². The smallest absolute Gasteiger partial charge is 0.216 e. The molecule has 0 amide bonds. The van der Waals surface area contributed by atoms with E-state index in [9.17, 15) is 5.26 Å². The number of fused-ring (bicyclic) bond motifs is 3. The lowest BCUT2D eigenvalue weighted by Crippen LogP contribution is -2.30. The van der Waals surface area contributed by atoms with Crippen LogP contribution in [0.25, 0.3) is 44.3 Å². The maximum Gasteiger partial charge on any atom is 0.216 e. The van der Waals surface area contributed by atoms with Crippen LogP contribution in [-0.2, 0) is 11.8 Å². The molecule has 4 nitrogen and oxygen atoms in total. The molecule has 0 N–H and O–H groups in total. The van der Waals surface area contributed by atoms with Crippen LogP contribution >= 0.6 is 0 Å². The van der Waals surface area contributed by atoms with Crippen LogP contribution in [-0.4, -0.2) is 13.2 Å². The summed E-state index contributed by atoms with van der Waals surface area (Å²) in [5.74, 6) is 0.548. The summed E-state index contributed by atoms with van der Waals surface area (Å²) in [6, 6.07) is 25.5. The zero-order chi connectivity index (χ0) is 23.9. The van der Waals surface area contributed by atoms with Crippen LogP contribution in [0.3, 0.4) is 0 Å². The Kier molecular flexibility index (Phi) is 5.36. The van der Waals surface area contributed by atoms with Gasteiger partial charge in [0.2, 0.25) is 5.69 Å². The van der Waals surface area contributed by atoms with Gasteiger partial charge in [0.25, 0.3) is 0 Å². The Morgan fingerprint density at radius 2 is 1.71 bits per heavy atom. The predicted octanol–water partition coefficient (Wildman–Crippen LogP) is 6.82. The van der Waals surface area contributed by atoms with Crippen molar-refractivity contribution in [3.63, 3.8) is 0 Å². The minimum absolute atomic E-state index is 0.548. The lowest BCUT2D eigenvalue weighted by molar-refractivity contribution is -0.660. The normalized spacial score (nSPS) is 14.4. The Morgan fingerprint density at radius 3 is 2.46 bits per heavy atom. The van der Waals surface area contributed by atoms with Gasteiger partial charge in [-0.05, 0) is 60.6 Å². The van der Waals surface area contributed by atoms with Gasteiger partial charge in [0.15, 0.2) is 6.20 Å². The summed E-state index contributed by atoms with van der Waals surface area (Å²) in [5.41, 5.74) is 9.01. The van der Waals surface area contributed by atoms with Crippen molar-refractivity contribution in [1.29, 1.82) is 5.26 Å². The molecule has 1 aliphatic heterocycles. The molecule has 0 aliphatic carbocycles. The van der Waals surface area contributed by atoms with Gasteiger partial charge in [-0.25, -0.2) is 4.57 Å². The van der Waals surface area contributed by atoms with E-state index in [2.05, 4.69) is 79.3 Å². The van der Waals surface area contributed by atoms with Crippen LogP contribution < -0.4 is 4.57 Å². The van der Waals surface area contributed by atoms with Crippen molar-refractivity contribution in [2.75, 3.05) is 13.2 Å². The molecular weight excluding hydrogens is 432 g/mol. The Balaban J connectivity index is 1.56. The number of aryl methyl sites for hydroxylation is 2. The summed E-state index contributed by atoms with van der Waals surface area (Å²) in [6.07, 6.45) is 4.18. The van der Waals surface area contributed by atoms with Gasteiger partial charge in [0.05, 0.1) is 17.2 Å². The zero-order valence-electron chi connectivity index (χ0n) is 20.0. The van der Waals surface area contributed by atoms with Crippen molar-refractivity contribution >= 4 is 21.9 Å². The van der Waals surface area contributed by atoms with Crippen LogP contribution in [0, 0.1) is 18.3 Å². The minimum Gasteiger partial charge on any atom is -0.454 e. The Labute approximate surface area is 205 Å². The van der Waals surface area contributed by atoms with E-state index in [0.717, 1.165) is 75.9 Å². The van der Waals surface area contributed by atoms with Crippen molar-refractivity contribution in [2.24, 2.45) is 7.05 Å². The van der Waals surface area contributed by atoms with Gasteiger partial charge >= 0.3 is 0 Å². The van der Waals surface area contributed by atoms with E-state index >= 15 is 0 Å². The molecule has 1 fully saturated rings. The maximum atomic E-state index is 9.81. The molecule has 1 aliphatic rings. The first-order valence-corrected chi connectivity index (χ1v) is 12.2. The van der Waals surface area contributed by atoms with Crippen LogP contribution in [0.5, 0.6) is 0 Å². The zero-order valence-corrected chi connectivity index (χ0v) is 20.0. The first-order valence-electron chi connectivity index (χ1n) is 12.2. The van der Waals surface area contributed by atoms with Gasteiger partial charge in [-0.1, -0.05) is 36.4 Å². The average Bonchev–Trinajstić information content (AvgIpc) is 3.28. The standard InChI is InChI=1S/C31H27N2O2/c1-20-6-11-25-27-18-21(19-32)17-26(24-9-7-22(8-10-24)23-12-15-34-16-13-23)30(27)35-31(25)29(20)28-5-3-4-14-33(28)2/h3-11,14,17-18,23H,12-13,15-16H2,1-2H3/q+1. The fourth-order valence-electron chi connectivity index (χ4n) is 5.39. The maximum absolute atomic E-state index is 9.81. The van der Waals surface area contributed by atoms with Crippen LogP contribution in [0.4, 0.5) is 0 Å². The third-order valence-electron chi connectivity index (χ3n) is 7.30. The van der Waals surface area contributed by atoms with E-state index in [1.165, 1.54) is 5.56 Å². The Morgan fingerprint density at radius 1 is 0.914 bits per heavy atom. The van der Waals surface area contributed by atoms with Gasteiger partial charge < -0.3 is 9.15 Å². The summed E-state index contributed by atoms with van der Waals surface area (Å²) >= 11 is 0. The summed E-state index contributed by atoms with van der Waals surface area (Å²) < 4.78 is 14.3. The molecule has 3 heterocycles. The number of furan rings is 1. The lowest BCUT2D eigenvalue weighted by atomic mass is 9.90. The molecule has 0 atom stereocenters. The molecule has 3 aromatic carbocycles. The van der Waals surface area contributed by atoms with Gasteiger partial charge in [-0.2, -0.15) is 5.26 Å². The highest BCUT2D eigenvalue weighted by atomic mass is 16.5. The molecule has 35 heavy (non-hydrogen) atoms. The second-order valence-electron chi connectivity index (χ2n) is 9.45. The highest BCUT2D eigenvalue weighted by molar-refractivity contribution is 6.13. The predicted molar refractivity (Wildman–Crippen MR) is 138 cm³/mol. The highest BCUT2D eigenvalue weighted by Gasteiger charge is 2.22. The molecule has 0 bridgehead atoms. The fourth-order valence-corrected chi connectivity index (χ4v) is 5.39. The summed E-state index contributed by atoms with van der Waals surface area (Å²) in [7, 11) is 2.05. The summed E-state index contributed by atoms with van der Waals surface area (Å²) in [6.45, 7) is 3.78. The average molecular weight is 460 g/mol. The van der Waals surface area contributed by atoms with Crippen molar-refractivity contribution < 1.29 is 13.7 Å². The Hall–Kier alpha value is -3.94. The van der Waals surface area contributed by atoms with E-state index in [0.29, 0.717) is 11.5 Å². The second-order valence-corrected chi connectivity index (χ2v) is 9.45.